The number of carbonyl (C=O) groups is 8. The van der Waals surface area contributed by atoms with E-state index in [9.17, 15) is 48.6 Å². The van der Waals surface area contributed by atoms with Gasteiger partial charge in [0.05, 0.1) is 48.3 Å². The predicted molar refractivity (Wildman–Crippen MR) is 281 cm³/mol. The second kappa shape index (κ2) is 28.0. The van der Waals surface area contributed by atoms with Crippen LogP contribution in [0, 0.1) is 11.8 Å². The predicted octanol–water partition coefficient (Wildman–Crippen LogP) is 1.87. The number of amides is 6. The number of nitrogens with one attached hydrogen (secondary N) is 6. The summed E-state index contributed by atoms with van der Waals surface area (Å²) < 4.78 is 22.9. The third-order valence-electron chi connectivity index (χ3n) is 12.3. The van der Waals surface area contributed by atoms with E-state index in [0.717, 1.165) is 11.1 Å². The SMILES string of the molecule is CC(C)C[C@H](NC(=O)[C@@H](NC(=O)c1cccc(-c2ccccc2)n1)[C@@H](C)O)B1OC(=O)C[C@H](C(=O)NCCCNC(=O)[C@H]2CC(=O)OB([C@H](CC(C)C)NC(=O)[C@@H](NC(=O)c3cccc(-c4ccccc4)n3)[C@@H](C)O)O2)O1. The number of hydrogen-bond acceptors (Lipinski definition) is 16. The van der Waals surface area contributed by atoms with E-state index < -0.39 is 123 Å². The molecule has 24 heteroatoms. The molecular formula is C53H66B2N8O14. The van der Waals surface area contributed by atoms with Crippen LogP contribution in [0.25, 0.3) is 22.5 Å². The fourth-order valence-corrected chi connectivity index (χ4v) is 8.48. The van der Waals surface area contributed by atoms with Gasteiger partial charge in [0.15, 0.2) is 0 Å². The topological polar surface area (TPSA) is 312 Å². The average Bonchev–Trinajstić information content (AvgIpc) is 3.41. The van der Waals surface area contributed by atoms with Crippen LogP contribution in [0.2, 0.25) is 0 Å². The van der Waals surface area contributed by atoms with Gasteiger partial charge < -0.3 is 60.7 Å². The van der Waals surface area contributed by atoms with Crippen molar-refractivity contribution < 1.29 is 67.2 Å². The molecule has 2 aliphatic heterocycles. The highest BCUT2D eigenvalue weighted by atomic mass is 16.6. The minimum atomic E-state index is -1.46. The third kappa shape index (κ3) is 17.2. The van der Waals surface area contributed by atoms with Crippen LogP contribution < -0.4 is 31.9 Å². The summed E-state index contributed by atoms with van der Waals surface area (Å²) in [7, 11) is -2.84. The Labute approximate surface area is 447 Å². The van der Waals surface area contributed by atoms with E-state index >= 15 is 0 Å². The van der Waals surface area contributed by atoms with Gasteiger partial charge in [-0.25, -0.2) is 9.97 Å². The first-order valence-electron chi connectivity index (χ1n) is 25.6. The lowest BCUT2D eigenvalue weighted by molar-refractivity contribution is -0.149. The summed E-state index contributed by atoms with van der Waals surface area (Å²) in [4.78, 5) is 116. The Hall–Kier alpha value is -7.53. The van der Waals surface area contributed by atoms with Gasteiger partial charge in [-0.05, 0) is 69.2 Å². The molecule has 22 nitrogen and oxygen atoms in total. The van der Waals surface area contributed by atoms with Crippen molar-refractivity contribution in [1.82, 2.24) is 41.9 Å². The number of nitrogens with zero attached hydrogens (tertiary/aromatic N) is 2. The zero-order valence-corrected chi connectivity index (χ0v) is 43.8. The van der Waals surface area contributed by atoms with Crippen LogP contribution in [0.1, 0.15) is 94.6 Å². The number of rotatable bonds is 24. The molecular weight excluding hydrogens is 994 g/mol. The first-order valence-corrected chi connectivity index (χ1v) is 25.6. The average molecular weight is 1060 g/mol. The third-order valence-corrected chi connectivity index (χ3v) is 12.3. The molecule has 2 fully saturated rings. The van der Waals surface area contributed by atoms with Gasteiger partial charge in [-0.15, -0.1) is 0 Å². The first-order chi connectivity index (χ1) is 36.8. The Balaban J connectivity index is 0.987. The van der Waals surface area contributed by atoms with Crippen molar-refractivity contribution in [3.8, 4) is 22.5 Å². The van der Waals surface area contributed by atoms with E-state index in [4.69, 9.17) is 18.6 Å². The normalized spacial score (nSPS) is 17.8. The molecule has 0 saturated carbocycles. The Morgan fingerprint density at radius 2 is 0.922 bits per heavy atom. The van der Waals surface area contributed by atoms with Crippen LogP contribution in [0.5, 0.6) is 0 Å². The monoisotopic (exact) mass is 1060 g/mol. The molecule has 4 aromatic rings. The smallest absolute Gasteiger partial charge is 0.508 e. The van der Waals surface area contributed by atoms with Crippen LogP contribution in [-0.2, 0) is 47.4 Å². The van der Waals surface area contributed by atoms with Crippen molar-refractivity contribution in [2.45, 2.75) is 122 Å². The fraction of sp³-hybridized carbons (Fsp3) is 0.434. The molecule has 6 amide bonds. The molecule has 8 atom stereocenters. The van der Waals surface area contributed by atoms with Gasteiger partial charge >= 0.3 is 14.2 Å². The molecule has 0 unspecified atom stereocenters. The lowest BCUT2D eigenvalue weighted by atomic mass is 9.72. The second-order valence-corrected chi connectivity index (χ2v) is 19.7. The number of carbonyl (C=O) groups excluding carboxylic acids is 8. The number of aliphatic hydroxyl groups excluding tert-OH is 2. The molecule has 6 rings (SSSR count). The maximum Gasteiger partial charge on any atom is 0.551 e. The summed E-state index contributed by atoms with van der Waals surface area (Å²) in [6.07, 6.45) is -5.65. The van der Waals surface area contributed by atoms with Crippen LogP contribution >= 0.6 is 0 Å². The standard InChI is InChI=1S/C53H66B2N8O14/c1-30(2)26-42(60-52(72)46(32(5)64)62-48(68)38-22-13-20-36(58-38)34-16-9-7-10-17-34)54-74-40(28-44(66)76-54)50(70)56-24-15-25-57-51(71)41-29-45(67)77-55(75-41)43(27-31(3)4)61-53(73)47(33(6)65)63-49(69)39-23-14-21-37(59-39)35-18-11-8-12-19-35/h7-14,16-23,30-33,40-43,46-47,64-65H,15,24-29H2,1-6H3,(H,56,70)(H,57,71)(H,60,72)(H,61,73)(H,62,68)(H,63,69)/t32-,33-,40-,41-,42+,43+,46+,47+/m1/s1. The van der Waals surface area contributed by atoms with E-state index in [1.165, 1.54) is 26.0 Å². The van der Waals surface area contributed by atoms with E-state index in [1.54, 1.807) is 24.3 Å². The highest BCUT2D eigenvalue weighted by Crippen LogP contribution is 2.22. The number of aromatic nitrogens is 2. The Bertz CT molecular complexity index is 2520. The van der Waals surface area contributed by atoms with Crippen LogP contribution in [0.3, 0.4) is 0 Å². The molecule has 0 aliphatic carbocycles. The lowest BCUT2D eigenvalue weighted by Gasteiger charge is -2.33. The molecule has 8 N–H and O–H groups in total. The summed E-state index contributed by atoms with van der Waals surface area (Å²) in [5.41, 5.74) is 2.61. The van der Waals surface area contributed by atoms with Gasteiger partial charge in [0.1, 0.15) is 35.7 Å². The molecule has 0 radical (unpaired) electrons. The van der Waals surface area contributed by atoms with Gasteiger partial charge in [-0.1, -0.05) is 100 Å². The molecule has 0 bridgehead atoms. The Morgan fingerprint density at radius 1 is 0.545 bits per heavy atom. The van der Waals surface area contributed by atoms with Crippen molar-refractivity contribution in [1.29, 1.82) is 0 Å². The number of aliphatic hydroxyl groups is 2. The zero-order valence-electron chi connectivity index (χ0n) is 43.8. The van der Waals surface area contributed by atoms with Crippen molar-refractivity contribution in [2.24, 2.45) is 11.8 Å². The van der Waals surface area contributed by atoms with Crippen LogP contribution in [-0.4, -0.2) is 143 Å². The first kappa shape index (κ1) is 58.7. The number of hydrogen-bond donors (Lipinski definition) is 8. The van der Waals surface area contributed by atoms with Gasteiger partial charge in [0.2, 0.25) is 23.6 Å². The van der Waals surface area contributed by atoms with Crippen molar-refractivity contribution in [3.63, 3.8) is 0 Å². The van der Waals surface area contributed by atoms with E-state index in [2.05, 4.69) is 41.9 Å². The van der Waals surface area contributed by atoms with E-state index in [-0.39, 0.29) is 55.6 Å². The lowest BCUT2D eigenvalue weighted by Crippen LogP contribution is -2.61. The summed E-state index contributed by atoms with van der Waals surface area (Å²) in [5.74, 6) is -8.10. The van der Waals surface area contributed by atoms with E-state index in [1.807, 2.05) is 88.4 Å². The van der Waals surface area contributed by atoms with Crippen LogP contribution in [0.4, 0.5) is 0 Å². The Morgan fingerprint density at radius 3 is 1.27 bits per heavy atom. The molecule has 2 saturated heterocycles. The van der Waals surface area contributed by atoms with Gasteiger partial charge in [-0.2, -0.15) is 0 Å². The molecule has 408 valence electrons. The molecule has 2 aromatic carbocycles. The summed E-state index contributed by atoms with van der Waals surface area (Å²) in [6.45, 7) is 10.1. The quantitative estimate of drug-likeness (QED) is 0.0367. The van der Waals surface area contributed by atoms with Gasteiger partial charge in [0.25, 0.3) is 23.8 Å². The molecule has 77 heavy (non-hydrogen) atoms. The van der Waals surface area contributed by atoms with Crippen molar-refractivity contribution >= 4 is 61.6 Å². The molecule has 4 heterocycles. The number of benzene rings is 2. The van der Waals surface area contributed by atoms with Crippen molar-refractivity contribution in [3.05, 3.63) is 108 Å². The summed E-state index contributed by atoms with van der Waals surface area (Å²) in [5, 5.41) is 37.2. The largest absolute Gasteiger partial charge is 0.551 e. The molecule has 2 aliphatic rings. The highest BCUT2D eigenvalue weighted by Gasteiger charge is 2.47. The highest BCUT2D eigenvalue weighted by molar-refractivity contribution is 6.50. The van der Waals surface area contributed by atoms with Crippen molar-refractivity contribution in [2.75, 3.05) is 13.1 Å². The summed E-state index contributed by atoms with van der Waals surface area (Å²) >= 11 is 0. The minimum absolute atomic E-state index is 0.00727. The second-order valence-electron chi connectivity index (χ2n) is 19.7. The molecule has 2 aromatic heterocycles. The maximum absolute atomic E-state index is 13.7. The van der Waals surface area contributed by atoms with Gasteiger partial charge in [0, 0.05) is 24.2 Å². The summed E-state index contributed by atoms with van der Waals surface area (Å²) in [6, 6.07) is 25.1. The molecule has 0 spiro atoms. The fourth-order valence-electron chi connectivity index (χ4n) is 8.48. The van der Waals surface area contributed by atoms with Crippen LogP contribution in [0.15, 0.2) is 97.1 Å². The minimum Gasteiger partial charge on any atom is -0.508 e. The van der Waals surface area contributed by atoms with E-state index in [0.29, 0.717) is 11.4 Å². The maximum atomic E-state index is 13.7. The Kier molecular flexibility index (Phi) is 21.4. The zero-order chi connectivity index (χ0) is 55.8. The van der Waals surface area contributed by atoms with Gasteiger partial charge in [-0.3, -0.25) is 38.4 Å². The number of pyridine rings is 2.